The van der Waals surface area contributed by atoms with Crippen LogP contribution in [0.5, 0.6) is 0 Å². The molecule has 10 heteroatoms. The molecule has 5 atom stereocenters. The number of likely N-dealkylation sites (N-methyl/N-ethyl adjacent to an activating group) is 1. The molecule has 5 unspecified atom stereocenters. The summed E-state index contributed by atoms with van der Waals surface area (Å²) in [4.78, 5) is 23.7. The quantitative estimate of drug-likeness (QED) is 0.0221. The van der Waals surface area contributed by atoms with Gasteiger partial charge in [-0.1, -0.05) is 158 Å². The number of carbonyl (C=O) groups excluding carboxylic acids is 1. The number of nitrogens with one attached hydrogen (secondary N) is 1. The van der Waals surface area contributed by atoms with Gasteiger partial charge in [-0.05, 0) is 137 Å². The molecule has 2 aliphatic heterocycles. The highest BCUT2D eigenvalue weighted by Gasteiger charge is 2.36. The summed E-state index contributed by atoms with van der Waals surface area (Å²) in [5.41, 5.74) is 23.6. The fourth-order valence-electron chi connectivity index (χ4n) is 10.7. The van der Waals surface area contributed by atoms with E-state index in [2.05, 4.69) is 171 Å². The molecule has 0 spiro atoms. The molecule has 5 N–H and O–H groups in total. The van der Waals surface area contributed by atoms with Gasteiger partial charge in [0.15, 0.2) is 0 Å². The number of ether oxygens (including phenoxy) is 1. The summed E-state index contributed by atoms with van der Waals surface area (Å²) < 4.78 is 8.23. The number of benzene rings is 2. The molecule has 2 saturated heterocycles. The lowest BCUT2D eigenvalue weighted by molar-refractivity contribution is -0.136. The van der Waals surface area contributed by atoms with Crippen molar-refractivity contribution in [2.24, 2.45) is 34.6 Å². The number of likely N-dealkylation sites (tertiary alicyclic amines) is 1. The van der Waals surface area contributed by atoms with Crippen LogP contribution in [0.2, 0.25) is 0 Å². The zero-order chi connectivity index (χ0) is 60.0. The van der Waals surface area contributed by atoms with E-state index in [1.54, 1.807) is 11.2 Å². The summed E-state index contributed by atoms with van der Waals surface area (Å²) in [5, 5.41) is 4.80. The van der Waals surface area contributed by atoms with Gasteiger partial charge in [0.25, 0.3) is 0 Å². The van der Waals surface area contributed by atoms with Gasteiger partial charge in [0.1, 0.15) is 0 Å². The molecular weight excluding hydrogens is 973 g/mol. The number of terminal acetylenes is 1. The number of hydrogen-bond acceptors (Lipinski definition) is 8. The van der Waals surface area contributed by atoms with Crippen LogP contribution in [0.3, 0.4) is 0 Å². The number of amides is 1. The van der Waals surface area contributed by atoms with Gasteiger partial charge in [-0.2, -0.15) is 0 Å². The third-order valence-corrected chi connectivity index (χ3v) is 14.8. The maximum Gasteiger partial charge on any atom is 0.227 e. The number of hydrogen-bond donors (Lipinski definition) is 3. The van der Waals surface area contributed by atoms with Crippen LogP contribution in [0.1, 0.15) is 163 Å². The van der Waals surface area contributed by atoms with Crippen molar-refractivity contribution in [1.82, 2.24) is 29.6 Å². The van der Waals surface area contributed by atoms with Crippen LogP contribution < -0.4 is 16.8 Å². The summed E-state index contributed by atoms with van der Waals surface area (Å²) in [6.07, 6.45) is 20.6. The lowest BCUT2D eigenvalue weighted by Crippen LogP contribution is -2.46. The van der Waals surface area contributed by atoms with E-state index in [9.17, 15) is 4.79 Å². The molecule has 1 amide bonds. The second kappa shape index (κ2) is 37.2. The smallest absolute Gasteiger partial charge is 0.227 e. The number of nitrogens with two attached hydrogens (primary N) is 2. The Morgan fingerprint density at radius 2 is 1.67 bits per heavy atom. The first-order valence-corrected chi connectivity index (χ1v) is 29.9. The largest absolute Gasteiger partial charge is 0.501 e. The Bertz CT molecular complexity index is 2490. The Balaban J connectivity index is 0.000000687. The molecule has 2 aromatic heterocycles. The fraction of sp³-hybridized carbons (Fsp3) is 0.565. The van der Waals surface area contributed by atoms with E-state index >= 15 is 0 Å². The van der Waals surface area contributed by atoms with Crippen molar-refractivity contribution in [1.29, 1.82) is 0 Å². The third-order valence-electron chi connectivity index (χ3n) is 14.8. The average Bonchev–Trinajstić information content (AvgIpc) is 4.28. The molecule has 79 heavy (non-hydrogen) atoms. The van der Waals surface area contributed by atoms with E-state index in [0.29, 0.717) is 30.2 Å². The molecular formula is C69H112N8O2. The molecule has 0 radical (unpaired) electrons. The average molecular weight is 1090 g/mol. The van der Waals surface area contributed by atoms with Crippen LogP contribution >= 0.6 is 0 Å². The molecule has 4 aromatic rings. The number of aryl methyl sites for hydroxylation is 2. The van der Waals surface area contributed by atoms with Crippen LogP contribution in [-0.4, -0.2) is 96.2 Å². The predicted molar refractivity (Wildman–Crippen MR) is 345 cm³/mol. The zero-order valence-corrected chi connectivity index (χ0v) is 53.0. The van der Waals surface area contributed by atoms with Crippen molar-refractivity contribution in [3.63, 3.8) is 0 Å². The number of aromatic nitrogens is 2. The van der Waals surface area contributed by atoms with Crippen LogP contribution in [0, 0.1) is 42.6 Å². The summed E-state index contributed by atoms with van der Waals surface area (Å²) in [6.45, 7) is 51.3. The van der Waals surface area contributed by atoms with E-state index in [0.717, 1.165) is 70.5 Å². The summed E-state index contributed by atoms with van der Waals surface area (Å²) >= 11 is 0. The Morgan fingerprint density at radius 1 is 0.987 bits per heavy atom. The van der Waals surface area contributed by atoms with Gasteiger partial charge in [0, 0.05) is 91.8 Å². The van der Waals surface area contributed by atoms with E-state index in [1.165, 1.54) is 88.4 Å². The fourth-order valence-corrected chi connectivity index (χ4v) is 10.7. The second-order valence-corrected chi connectivity index (χ2v) is 22.0. The lowest BCUT2D eigenvalue weighted by Gasteiger charge is -2.33. The topological polar surface area (TPSA) is 118 Å². The lowest BCUT2D eigenvalue weighted by atomic mass is 9.83. The third kappa shape index (κ3) is 21.3. The van der Waals surface area contributed by atoms with E-state index in [-0.39, 0.29) is 29.2 Å². The first-order chi connectivity index (χ1) is 37.7. The minimum Gasteiger partial charge on any atom is -0.501 e. The number of rotatable bonds is 23. The van der Waals surface area contributed by atoms with Crippen LogP contribution in [0.25, 0.3) is 33.3 Å². The van der Waals surface area contributed by atoms with Crippen LogP contribution in [0.15, 0.2) is 105 Å². The molecule has 2 aliphatic rings. The molecule has 0 saturated carbocycles. The van der Waals surface area contributed by atoms with E-state index < -0.39 is 0 Å². The summed E-state index contributed by atoms with van der Waals surface area (Å²) in [7, 11) is 5.29. The minimum absolute atomic E-state index is 0.0266. The molecule has 2 fully saturated rings. The van der Waals surface area contributed by atoms with Crippen molar-refractivity contribution in [2.45, 2.75) is 179 Å². The van der Waals surface area contributed by atoms with Gasteiger partial charge in [-0.15, -0.1) is 6.58 Å². The first-order valence-electron chi connectivity index (χ1n) is 29.9. The Kier molecular flexibility index (Phi) is 33.6. The van der Waals surface area contributed by atoms with Crippen molar-refractivity contribution >= 4 is 16.8 Å². The Morgan fingerprint density at radius 3 is 2.23 bits per heavy atom. The second-order valence-electron chi connectivity index (χ2n) is 22.0. The number of fused-ring (bicyclic) bond motifs is 1. The van der Waals surface area contributed by atoms with Crippen molar-refractivity contribution in [3.8, 4) is 34.9 Å². The molecule has 0 bridgehead atoms. The Hall–Kier alpha value is -5.76. The van der Waals surface area contributed by atoms with Crippen molar-refractivity contribution in [2.75, 3.05) is 53.9 Å². The number of pyridine rings is 1. The van der Waals surface area contributed by atoms with Crippen LogP contribution in [0.4, 0.5) is 0 Å². The van der Waals surface area contributed by atoms with Gasteiger partial charge in [-0.25, -0.2) is 0 Å². The maximum atomic E-state index is 12.8. The van der Waals surface area contributed by atoms with Crippen molar-refractivity contribution in [3.05, 3.63) is 127 Å². The highest BCUT2D eigenvalue weighted by Crippen LogP contribution is 2.42. The predicted octanol–water partition coefficient (Wildman–Crippen LogP) is 15.2. The number of allylic oxidation sites excluding steroid dienone is 1. The molecule has 10 nitrogen and oxygen atoms in total. The summed E-state index contributed by atoms with van der Waals surface area (Å²) in [6, 6.07) is 21.2. The molecule has 440 valence electrons. The number of unbranched alkanes of at least 4 members (excludes halogenated alkanes) is 2. The SMILES string of the molecule is C#CN(C)CCCCC.C=C(N)C(C(C)C)N(C)C(=O)C1CCN(C(=C)C2CCCN2)C1.C=COCC(C)(C)Cc1c(-c2cccnc2C(C)CC)n(CC)c2ccc(-c3cc(C)cc(CC(C)C=C)c3)cc12.CC.CC.CN. The highest BCUT2D eigenvalue weighted by atomic mass is 16.5. The minimum atomic E-state index is -0.101. The van der Waals surface area contributed by atoms with Gasteiger partial charge < -0.3 is 40.8 Å². The monoisotopic (exact) mass is 1080 g/mol. The molecule has 6 rings (SSSR count). The first kappa shape index (κ1) is 71.3. The molecule has 0 aliphatic carbocycles. The summed E-state index contributed by atoms with van der Waals surface area (Å²) in [5.74, 6) is 1.28. The highest BCUT2D eigenvalue weighted by molar-refractivity contribution is 5.95. The van der Waals surface area contributed by atoms with Crippen LogP contribution in [-0.2, 0) is 28.9 Å². The normalized spacial score (nSPS) is 15.5. The number of carbonyl (C=O) groups is 1. The standard InChI is InChI=1S/C38H48N2O.C18H32N4O.C8H15N.2C2H6.CH5N/c1-10-26(5)19-29-20-27(6)21-31(22-29)30-16-17-35-33(23-30)34(24-38(8,9)25-41-13-4)37(40(35)12-3)32-15-14-18-39-36(32)28(7)11-2;1-12(2)17(13(3)19)21(5)18(23)15-8-10-22(11-15)14(4)16-7-6-9-20-16;1-4-6-7-8-9(3)5-2;3*1-2/h10,13-18,20-23,26,28H,1,4,11-12,19,24-25H2,2-3,5-9H3;12,15-17,20H,3-4,6-11,19H2,1-2,5H3;2H,4,6-8H2,1,3H3;2*1-2H3;2H2,1H3. The molecule has 4 heterocycles. The van der Waals surface area contributed by atoms with Crippen molar-refractivity contribution < 1.29 is 9.53 Å². The van der Waals surface area contributed by atoms with Gasteiger partial charge in [0.05, 0.1) is 36.2 Å². The van der Waals surface area contributed by atoms with Gasteiger partial charge in [0.2, 0.25) is 5.91 Å². The zero-order valence-electron chi connectivity index (χ0n) is 53.0. The number of nitrogens with zero attached hydrogens (tertiary/aromatic N) is 5. The van der Waals surface area contributed by atoms with E-state index in [4.69, 9.17) is 21.9 Å². The molecule has 2 aromatic carbocycles. The van der Waals surface area contributed by atoms with Gasteiger partial charge in [-0.3, -0.25) is 9.78 Å². The van der Waals surface area contributed by atoms with E-state index in [1.807, 2.05) is 59.0 Å². The Labute approximate surface area is 483 Å². The maximum absolute atomic E-state index is 12.8. The van der Waals surface area contributed by atoms with Gasteiger partial charge >= 0.3 is 0 Å².